The second kappa shape index (κ2) is 8.68. The van der Waals surface area contributed by atoms with Gasteiger partial charge in [-0.25, -0.2) is 8.78 Å². The van der Waals surface area contributed by atoms with Gasteiger partial charge in [0.05, 0.1) is 16.1 Å². The van der Waals surface area contributed by atoms with Crippen LogP contribution in [-0.4, -0.2) is 16.1 Å². The Morgan fingerprint density at radius 1 is 0.677 bits per heavy atom. The smallest absolute Gasteiger partial charge is 0.123 e. The summed E-state index contributed by atoms with van der Waals surface area (Å²) in [6.45, 7) is 15.9. The highest BCUT2D eigenvalue weighted by molar-refractivity contribution is 6.95. The summed E-state index contributed by atoms with van der Waals surface area (Å²) in [5.41, 5.74) is 5.67. The van der Waals surface area contributed by atoms with Crippen molar-refractivity contribution in [2.45, 2.75) is 46.2 Å². The molecule has 0 radical (unpaired) electrons. The van der Waals surface area contributed by atoms with E-state index in [1.807, 2.05) is 24.3 Å². The van der Waals surface area contributed by atoms with E-state index in [4.69, 9.17) is 0 Å². The Bertz CT molecular complexity index is 1120. The van der Waals surface area contributed by atoms with Gasteiger partial charge in [-0.1, -0.05) is 81.7 Å². The lowest BCUT2D eigenvalue weighted by Gasteiger charge is -2.30. The van der Waals surface area contributed by atoms with Crippen molar-refractivity contribution in [3.05, 3.63) is 101 Å². The molecule has 0 N–H and O–H groups in total. The first-order valence-corrected chi connectivity index (χ1v) is 17.8. The minimum absolute atomic E-state index is 0.193. The van der Waals surface area contributed by atoms with Crippen LogP contribution in [0.15, 0.2) is 66.7 Å². The molecule has 3 aromatic carbocycles. The lowest BCUT2D eigenvalue weighted by molar-refractivity contribution is 0.627. The van der Waals surface area contributed by atoms with Gasteiger partial charge >= 0.3 is 0 Å². The number of benzene rings is 3. The van der Waals surface area contributed by atoms with E-state index in [9.17, 15) is 8.78 Å². The maximum atomic E-state index is 14.4. The van der Waals surface area contributed by atoms with E-state index in [1.54, 1.807) is 12.1 Å². The third-order valence-electron chi connectivity index (χ3n) is 5.61. The van der Waals surface area contributed by atoms with Crippen molar-refractivity contribution in [2.24, 2.45) is 0 Å². The SMILES string of the molecule is Cc1ccccc1/C(=C(\c1ccc(F)cc1)[Si](C)(C)C)c1ccc(F)cc1[Si](C)(C)C. The first-order valence-electron chi connectivity index (χ1n) is 10.8. The van der Waals surface area contributed by atoms with Crippen molar-refractivity contribution in [2.75, 3.05) is 0 Å². The second-order valence-electron chi connectivity index (χ2n) is 10.3. The van der Waals surface area contributed by atoms with E-state index >= 15 is 0 Å². The zero-order valence-corrected chi connectivity index (χ0v) is 21.6. The maximum Gasteiger partial charge on any atom is 0.123 e. The van der Waals surface area contributed by atoms with Crippen LogP contribution >= 0.6 is 0 Å². The fourth-order valence-electron chi connectivity index (χ4n) is 4.19. The fourth-order valence-corrected chi connectivity index (χ4v) is 7.83. The Morgan fingerprint density at radius 2 is 1.26 bits per heavy atom. The summed E-state index contributed by atoms with van der Waals surface area (Å²) < 4.78 is 28.2. The van der Waals surface area contributed by atoms with Crippen LogP contribution in [0.2, 0.25) is 39.3 Å². The molecule has 0 spiro atoms. The number of aryl methyl sites for hydroxylation is 1. The standard InChI is InChI=1S/C27H32F2Si2/c1-19-10-8-9-11-23(19)26(24-17-16-22(29)18-25(24)30(2,3)4)27(31(5,6)7)20-12-14-21(28)15-13-20/h8-18H,1-7H3/b27-26-. The van der Waals surface area contributed by atoms with Gasteiger partial charge in [0.15, 0.2) is 0 Å². The predicted octanol–water partition coefficient (Wildman–Crippen LogP) is 7.65. The fraction of sp³-hybridized carbons (Fsp3) is 0.259. The molecule has 162 valence electrons. The third kappa shape index (κ3) is 5.13. The predicted molar refractivity (Wildman–Crippen MR) is 136 cm³/mol. The minimum Gasteiger partial charge on any atom is -0.207 e. The molecule has 0 heterocycles. The van der Waals surface area contributed by atoms with Gasteiger partial charge in [-0.05, 0) is 69.4 Å². The van der Waals surface area contributed by atoms with Crippen LogP contribution in [-0.2, 0) is 0 Å². The number of halogens is 2. The molecule has 0 nitrogen and oxygen atoms in total. The van der Waals surface area contributed by atoms with E-state index in [0.29, 0.717) is 0 Å². The van der Waals surface area contributed by atoms with Crippen molar-refractivity contribution in [3.63, 3.8) is 0 Å². The van der Waals surface area contributed by atoms with E-state index in [2.05, 4.69) is 64.4 Å². The summed E-state index contributed by atoms with van der Waals surface area (Å²) in [5, 5.41) is 2.39. The number of rotatable bonds is 5. The molecule has 0 aliphatic heterocycles. The van der Waals surface area contributed by atoms with Crippen LogP contribution in [0.25, 0.3) is 10.8 Å². The van der Waals surface area contributed by atoms with Crippen molar-refractivity contribution in [3.8, 4) is 0 Å². The Morgan fingerprint density at radius 3 is 1.81 bits per heavy atom. The Kier molecular flexibility index (Phi) is 6.54. The van der Waals surface area contributed by atoms with Crippen LogP contribution in [0.5, 0.6) is 0 Å². The summed E-state index contributed by atoms with van der Waals surface area (Å²) in [7, 11) is -3.77. The first-order chi connectivity index (χ1) is 14.4. The monoisotopic (exact) mass is 450 g/mol. The van der Waals surface area contributed by atoms with E-state index in [0.717, 1.165) is 21.9 Å². The van der Waals surface area contributed by atoms with Gasteiger partial charge in [-0.15, -0.1) is 0 Å². The van der Waals surface area contributed by atoms with Crippen LogP contribution in [0.1, 0.15) is 22.3 Å². The summed E-state index contributed by atoms with van der Waals surface area (Å²) in [4.78, 5) is 0. The van der Waals surface area contributed by atoms with Crippen molar-refractivity contribution < 1.29 is 8.78 Å². The molecule has 0 bridgehead atoms. The Labute approximate surface area is 187 Å². The molecule has 3 rings (SSSR count). The highest BCUT2D eigenvalue weighted by atomic mass is 28.3. The average molecular weight is 451 g/mol. The summed E-state index contributed by atoms with van der Waals surface area (Å²) in [6, 6.07) is 20.5. The summed E-state index contributed by atoms with van der Waals surface area (Å²) in [6.07, 6.45) is 0. The zero-order valence-electron chi connectivity index (χ0n) is 19.6. The summed E-state index contributed by atoms with van der Waals surface area (Å²) >= 11 is 0. The number of hydrogen-bond donors (Lipinski definition) is 0. The molecule has 0 aromatic heterocycles. The van der Waals surface area contributed by atoms with E-state index < -0.39 is 16.1 Å². The van der Waals surface area contributed by atoms with Crippen molar-refractivity contribution >= 4 is 32.1 Å². The molecule has 0 aliphatic carbocycles. The third-order valence-corrected chi connectivity index (χ3v) is 9.67. The molecule has 4 heteroatoms. The topological polar surface area (TPSA) is 0 Å². The lowest BCUT2D eigenvalue weighted by Crippen LogP contribution is -2.41. The molecule has 3 aromatic rings. The van der Waals surface area contributed by atoms with Crippen LogP contribution in [0.4, 0.5) is 8.78 Å². The zero-order chi connectivity index (χ0) is 23.0. The molecule has 0 unspecified atom stereocenters. The maximum absolute atomic E-state index is 14.4. The second-order valence-corrected chi connectivity index (χ2v) is 20.3. The molecule has 0 amide bonds. The van der Waals surface area contributed by atoms with Crippen LogP contribution < -0.4 is 5.19 Å². The van der Waals surface area contributed by atoms with Crippen LogP contribution in [0, 0.1) is 18.6 Å². The molecule has 0 saturated carbocycles. The normalized spacial score (nSPS) is 13.2. The average Bonchev–Trinajstić information content (AvgIpc) is 2.66. The minimum atomic E-state index is -1.91. The van der Waals surface area contributed by atoms with Gasteiger partial charge in [0.2, 0.25) is 0 Å². The molecular weight excluding hydrogens is 418 g/mol. The Balaban J connectivity index is 2.54. The molecule has 0 fully saturated rings. The van der Waals surface area contributed by atoms with Crippen molar-refractivity contribution in [1.29, 1.82) is 0 Å². The molecule has 0 saturated heterocycles. The highest BCUT2D eigenvalue weighted by Gasteiger charge is 2.30. The van der Waals surface area contributed by atoms with Gasteiger partial charge in [-0.3, -0.25) is 0 Å². The molecule has 0 aliphatic rings. The van der Waals surface area contributed by atoms with Crippen molar-refractivity contribution in [1.82, 2.24) is 0 Å². The van der Waals surface area contributed by atoms with Gasteiger partial charge in [-0.2, -0.15) is 0 Å². The molecule has 0 atom stereocenters. The Hall–Kier alpha value is -2.31. The van der Waals surface area contributed by atoms with Gasteiger partial charge in [0.1, 0.15) is 11.6 Å². The quantitative estimate of drug-likeness (QED) is 0.276. The molecular formula is C27H32F2Si2. The van der Waals surface area contributed by atoms with Gasteiger partial charge in [0.25, 0.3) is 0 Å². The summed E-state index contributed by atoms with van der Waals surface area (Å²) in [5.74, 6) is -0.428. The van der Waals surface area contributed by atoms with E-state index in [-0.39, 0.29) is 11.6 Å². The van der Waals surface area contributed by atoms with Gasteiger partial charge in [0, 0.05) is 0 Å². The van der Waals surface area contributed by atoms with Crippen LogP contribution in [0.3, 0.4) is 0 Å². The van der Waals surface area contributed by atoms with Gasteiger partial charge < -0.3 is 0 Å². The molecule has 31 heavy (non-hydrogen) atoms. The number of hydrogen-bond acceptors (Lipinski definition) is 0. The lowest BCUT2D eigenvalue weighted by atomic mass is 9.92. The van der Waals surface area contributed by atoms with E-state index in [1.165, 1.54) is 28.5 Å². The first kappa shape index (κ1) is 23.4. The highest BCUT2D eigenvalue weighted by Crippen LogP contribution is 2.39. The largest absolute Gasteiger partial charge is 0.207 e.